The van der Waals surface area contributed by atoms with Crippen LogP contribution in [0.15, 0.2) is 12.2 Å². The summed E-state index contributed by atoms with van der Waals surface area (Å²) < 4.78 is 17.7. The Labute approximate surface area is 345 Å². The highest BCUT2D eigenvalue weighted by molar-refractivity contribution is 5.98. The maximum Gasteiger partial charge on any atom is 0.318 e. The molecule has 2 saturated heterocycles. The normalized spacial score (nSPS) is 37.7. The Morgan fingerprint density at radius 2 is 1.60 bits per heavy atom. The zero-order chi connectivity index (χ0) is 42.0. The summed E-state index contributed by atoms with van der Waals surface area (Å²) in [6.07, 6.45) is 18.3. The molecule has 5 saturated carbocycles. The molecule has 0 amide bonds. The van der Waals surface area contributed by atoms with Crippen molar-refractivity contribution in [2.24, 2.45) is 75.4 Å². The molecule has 7 rings (SSSR count). The number of hydrogen-bond acceptors (Lipinski definition) is 9. The molecule has 2 bridgehead atoms. The first-order valence-corrected chi connectivity index (χ1v) is 22.8. The lowest BCUT2D eigenvalue weighted by Crippen LogP contribution is -2.71. The predicted octanol–water partition coefficient (Wildman–Crippen LogP) is 8.95. The lowest BCUT2D eigenvalue weighted by molar-refractivity contribution is -0.270. The van der Waals surface area contributed by atoms with Crippen LogP contribution in [-0.4, -0.2) is 58.7 Å². The molecular weight excluding hydrogens is 741 g/mol. The summed E-state index contributed by atoms with van der Waals surface area (Å²) in [4.78, 5) is 76.5. The summed E-state index contributed by atoms with van der Waals surface area (Å²) in [7, 11) is 0. The molecule has 7 aliphatic rings. The molecule has 0 aromatic heterocycles. The summed E-state index contributed by atoms with van der Waals surface area (Å²) in [5.41, 5.74) is -1.71. The van der Waals surface area contributed by atoms with Crippen LogP contribution in [0.3, 0.4) is 0 Å². The Balaban J connectivity index is 1.28. The third-order valence-corrected chi connectivity index (χ3v) is 16.6. The molecule has 11 nitrogen and oxygen atoms in total. The van der Waals surface area contributed by atoms with Gasteiger partial charge in [0.05, 0.1) is 42.3 Å². The van der Waals surface area contributed by atoms with Crippen LogP contribution < -0.4 is 0 Å². The van der Waals surface area contributed by atoms with E-state index in [2.05, 4.69) is 39.8 Å². The summed E-state index contributed by atoms with van der Waals surface area (Å²) in [6.45, 7) is 11.2. The standard InChI is InChI=1S/C47H70O11/c1-6-7-12-16-29(31-26-37(50)57-41(31)51)19-20-30(17-13-10-8-9-11-14-18-36(48)49)56-27-33-38(28(2)3)32-25-35-45(4)22-15-23-46(5,44(54)55)34(45)21-24-47(33,35)40-39(32)42(52)58-43(40)53/h12,16,28-35,38-40H,6-11,13-15,17-27H2,1-5H3,(H,48,49)(H,54,55). The number of carbonyl (C=O) groups is 6. The van der Waals surface area contributed by atoms with Crippen LogP contribution in [-0.2, 0) is 43.0 Å². The number of carboxylic acids is 2. The Bertz CT molecular complexity index is 1590. The van der Waals surface area contributed by atoms with E-state index in [9.17, 15) is 33.9 Å². The number of cyclic esters (lactones) is 4. The minimum Gasteiger partial charge on any atom is -0.481 e. The largest absolute Gasteiger partial charge is 0.481 e. The zero-order valence-electron chi connectivity index (χ0n) is 35.7. The van der Waals surface area contributed by atoms with Crippen LogP contribution in [0.2, 0.25) is 0 Å². The van der Waals surface area contributed by atoms with Gasteiger partial charge in [-0.05, 0) is 123 Å². The summed E-state index contributed by atoms with van der Waals surface area (Å²) in [5, 5.41) is 19.6. The number of hydrogen-bond donors (Lipinski definition) is 2. The number of aliphatic carboxylic acids is 2. The van der Waals surface area contributed by atoms with E-state index in [0.717, 1.165) is 70.6 Å². The first kappa shape index (κ1) is 44.5. The lowest BCUT2D eigenvalue weighted by atomic mass is 9.30. The third kappa shape index (κ3) is 8.32. The van der Waals surface area contributed by atoms with Gasteiger partial charge in [0, 0.05) is 6.42 Å². The number of unbranched alkanes of at least 4 members (excludes halogenated alkanes) is 6. The first-order chi connectivity index (χ1) is 27.6. The molecule has 58 heavy (non-hydrogen) atoms. The fourth-order valence-corrected chi connectivity index (χ4v) is 14.1. The van der Waals surface area contributed by atoms with Gasteiger partial charge in [0.1, 0.15) is 0 Å². The van der Waals surface area contributed by atoms with Crippen molar-refractivity contribution in [3.05, 3.63) is 12.2 Å². The number of carbonyl (C=O) groups excluding carboxylic acids is 4. The second-order valence-electron chi connectivity index (χ2n) is 20.0. The van der Waals surface area contributed by atoms with Crippen molar-refractivity contribution in [3.63, 3.8) is 0 Å². The molecule has 5 aliphatic carbocycles. The van der Waals surface area contributed by atoms with E-state index >= 15 is 0 Å². The van der Waals surface area contributed by atoms with Crippen LogP contribution in [0.4, 0.5) is 0 Å². The molecule has 7 fully saturated rings. The Hall–Kier alpha value is -3.08. The Morgan fingerprint density at radius 3 is 2.26 bits per heavy atom. The minimum atomic E-state index is -0.847. The number of rotatable bonds is 21. The number of carboxylic acid groups (broad SMARTS) is 2. The van der Waals surface area contributed by atoms with E-state index in [1.807, 2.05) is 6.92 Å². The average molecular weight is 811 g/mol. The molecule has 0 radical (unpaired) electrons. The van der Waals surface area contributed by atoms with E-state index in [-0.39, 0.29) is 71.8 Å². The van der Waals surface area contributed by atoms with E-state index in [1.165, 1.54) is 0 Å². The molecule has 13 unspecified atom stereocenters. The van der Waals surface area contributed by atoms with Gasteiger partial charge < -0.3 is 24.4 Å². The van der Waals surface area contributed by atoms with Gasteiger partial charge >= 0.3 is 35.8 Å². The summed E-state index contributed by atoms with van der Waals surface area (Å²) in [6, 6.07) is 0. The average Bonchev–Trinajstić information content (AvgIpc) is 3.67. The summed E-state index contributed by atoms with van der Waals surface area (Å²) in [5.74, 6) is -4.65. The van der Waals surface area contributed by atoms with Gasteiger partial charge in [0.2, 0.25) is 0 Å². The predicted molar refractivity (Wildman–Crippen MR) is 215 cm³/mol. The van der Waals surface area contributed by atoms with Gasteiger partial charge in [-0.25, -0.2) is 0 Å². The lowest BCUT2D eigenvalue weighted by Gasteiger charge is -2.73. The van der Waals surface area contributed by atoms with Gasteiger partial charge in [-0.3, -0.25) is 28.8 Å². The second-order valence-corrected chi connectivity index (χ2v) is 20.0. The molecule has 2 aliphatic heterocycles. The van der Waals surface area contributed by atoms with Gasteiger partial charge in [-0.15, -0.1) is 0 Å². The van der Waals surface area contributed by atoms with Crippen molar-refractivity contribution in [1.29, 1.82) is 0 Å². The fourth-order valence-electron chi connectivity index (χ4n) is 14.1. The van der Waals surface area contributed by atoms with Crippen LogP contribution in [0.1, 0.15) is 157 Å². The van der Waals surface area contributed by atoms with E-state index in [4.69, 9.17) is 19.3 Å². The minimum absolute atomic E-state index is 0.0221. The molecule has 1 spiro atoms. The smallest absolute Gasteiger partial charge is 0.318 e. The molecule has 13 atom stereocenters. The Morgan fingerprint density at radius 1 is 0.879 bits per heavy atom. The molecule has 11 heteroatoms. The second kappa shape index (κ2) is 18.3. The Kier molecular flexibility index (Phi) is 14.0. The molecule has 2 heterocycles. The molecule has 0 aromatic rings. The molecule has 2 N–H and O–H groups in total. The number of ether oxygens (including phenoxy) is 3. The third-order valence-electron chi connectivity index (χ3n) is 16.6. The number of allylic oxidation sites excluding steroid dienone is 2. The van der Waals surface area contributed by atoms with Crippen molar-refractivity contribution >= 4 is 35.8 Å². The van der Waals surface area contributed by atoms with E-state index < -0.39 is 58.4 Å². The van der Waals surface area contributed by atoms with Crippen molar-refractivity contribution in [3.8, 4) is 0 Å². The van der Waals surface area contributed by atoms with Crippen molar-refractivity contribution in [1.82, 2.24) is 0 Å². The van der Waals surface area contributed by atoms with Crippen molar-refractivity contribution in [2.75, 3.05) is 6.61 Å². The zero-order valence-corrected chi connectivity index (χ0v) is 35.7. The monoisotopic (exact) mass is 810 g/mol. The quantitative estimate of drug-likeness (QED) is 0.0491. The van der Waals surface area contributed by atoms with Crippen LogP contribution in [0.5, 0.6) is 0 Å². The van der Waals surface area contributed by atoms with Crippen LogP contribution in [0.25, 0.3) is 0 Å². The fraction of sp³-hybridized carbons (Fsp3) is 0.830. The maximum absolute atomic E-state index is 14.0. The highest BCUT2D eigenvalue weighted by Crippen LogP contribution is 2.77. The van der Waals surface area contributed by atoms with E-state index in [0.29, 0.717) is 45.1 Å². The van der Waals surface area contributed by atoms with Crippen LogP contribution in [0, 0.1) is 75.4 Å². The van der Waals surface area contributed by atoms with Crippen molar-refractivity contribution < 1.29 is 53.2 Å². The molecule has 0 aromatic carbocycles. The maximum atomic E-state index is 14.0. The topological polar surface area (TPSA) is 171 Å². The van der Waals surface area contributed by atoms with Gasteiger partial charge in [-0.2, -0.15) is 0 Å². The number of esters is 4. The summed E-state index contributed by atoms with van der Waals surface area (Å²) >= 11 is 0. The van der Waals surface area contributed by atoms with Gasteiger partial charge in [-0.1, -0.05) is 84.8 Å². The molecular formula is C47H70O11. The molecule has 324 valence electrons. The SMILES string of the molecule is CCCC=CC(CCC(CCCCCCCCC(=O)O)OCC1C(C(C)C)C2CC3C4(C)CCCC(C)(C(=O)O)C4CCC13C1C(=O)OC(=O)C21)C1CC(=O)OC1=O. The van der Waals surface area contributed by atoms with Crippen molar-refractivity contribution in [2.45, 2.75) is 163 Å². The number of fused-ring (bicyclic) bond motifs is 2. The van der Waals surface area contributed by atoms with Gasteiger partial charge in [0.25, 0.3) is 0 Å². The van der Waals surface area contributed by atoms with E-state index in [1.54, 1.807) is 0 Å². The first-order valence-electron chi connectivity index (χ1n) is 22.8. The highest BCUT2D eigenvalue weighted by atomic mass is 16.6. The highest BCUT2D eigenvalue weighted by Gasteiger charge is 2.77. The van der Waals surface area contributed by atoms with Crippen LogP contribution >= 0.6 is 0 Å². The van der Waals surface area contributed by atoms with Gasteiger partial charge in [0.15, 0.2) is 0 Å².